The van der Waals surface area contributed by atoms with Crippen molar-refractivity contribution in [1.82, 2.24) is 4.90 Å². The molecular weight excluding hydrogens is 975 g/mol. The van der Waals surface area contributed by atoms with Gasteiger partial charge in [0.25, 0.3) is 5.24 Å². The maximum Gasteiger partial charge on any atom is 0.306 e. The fourth-order valence-electron chi connectivity index (χ4n) is 10.1. The maximum atomic E-state index is 12.8. The standard InChI is InChI=1S/C57H110O6.C11H23NOS/c1-4-7-10-13-16-19-22-25-28-31-34-37-40-43-46-49-55(58)61-52-54(63-57(60)51-48-45-42-39-36-33-30-27-24-21-18-15-12-9-6-3)53-62-56(59)50-47-44-41-38-35-32-29-26-23-20-17-14-11-8-5-2;1-6-14-11(13)12(7-9(2)3)8-10(4)5/h54H,4-53H2,1-3H3;9-10H,6-8H2,1-5H3. The third-order valence-electron chi connectivity index (χ3n) is 14.8. The van der Waals surface area contributed by atoms with Crippen molar-refractivity contribution in [2.45, 2.75) is 370 Å². The van der Waals surface area contributed by atoms with Crippen LogP contribution >= 0.6 is 11.8 Å². The number of hydrogen-bond donors (Lipinski definition) is 0. The molecule has 0 radical (unpaired) electrons. The van der Waals surface area contributed by atoms with E-state index in [0.29, 0.717) is 31.1 Å². The molecule has 0 N–H and O–H groups in total. The summed E-state index contributed by atoms with van der Waals surface area (Å²) in [4.78, 5) is 51.8. The van der Waals surface area contributed by atoms with Gasteiger partial charge in [-0.1, -0.05) is 337 Å². The molecule has 0 aromatic rings. The van der Waals surface area contributed by atoms with Crippen LogP contribution in [0.1, 0.15) is 364 Å². The third kappa shape index (κ3) is 63.3. The lowest BCUT2D eigenvalue weighted by Crippen LogP contribution is -2.34. The van der Waals surface area contributed by atoms with Crippen LogP contribution in [-0.4, -0.2) is 66.2 Å². The van der Waals surface area contributed by atoms with Gasteiger partial charge in [0.15, 0.2) is 6.10 Å². The van der Waals surface area contributed by atoms with E-state index >= 15 is 0 Å². The van der Waals surface area contributed by atoms with Crippen LogP contribution in [0.2, 0.25) is 0 Å². The highest BCUT2D eigenvalue weighted by Crippen LogP contribution is 2.19. The number of amides is 1. The van der Waals surface area contributed by atoms with Gasteiger partial charge < -0.3 is 19.1 Å². The first-order valence-electron chi connectivity index (χ1n) is 33.9. The highest BCUT2D eigenvalue weighted by Gasteiger charge is 2.20. The predicted molar refractivity (Wildman–Crippen MR) is 335 cm³/mol. The summed E-state index contributed by atoms with van der Waals surface area (Å²) in [7, 11) is 0. The molecule has 1 amide bonds. The molecule has 0 fully saturated rings. The lowest BCUT2D eigenvalue weighted by Gasteiger charge is -2.25. The number of thioether (sulfide) groups is 1. The Morgan fingerprint density at radius 2 is 0.545 bits per heavy atom. The molecule has 0 aliphatic carbocycles. The van der Waals surface area contributed by atoms with Crippen LogP contribution < -0.4 is 0 Å². The normalized spacial score (nSPS) is 11.4. The number of carbonyl (C=O) groups excluding carboxylic acids is 4. The number of hydrogen-bond acceptors (Lipinski definition) is 8. The first kappa shape index (κ1) is 77.3. The van der Waals surface area contributed by atoms with Crippen LogP contribution in [0.15, 0.2) is 0 Å². The van der Waals surface area contributed by atoms with Crippen LogP contribution in [0.3, 0.4) is 0 Å². The highest BCUT2D eigenvalue weighted by atomic mass is 32.2. The van der Waals surface area contributed by atoms with E-state index in [2.05, 4.69) is 48.5 Å². The Morgan fingerprint density at radius 1 is 0.325 bits per heavy atom. The summed E-state index contributed by atoms with van der Waals surface area (Å²) in [6.07, 6.45) is 58.0. The summed E-state index contributed by atoms with van der Waals surface area (Å²) in [5, 5.41) is 0.231. The van der Waals surface area contributed by atoms with Gasteiger partial charge >= 0.3 is 17.9 Å². The maximum absolute atomic E-state index is 12.8. The van der Waals surface area contributed by atoms with Crippen molar-refractivity contribution < 1.29 is 33.4 Å². The zero-order valence-electron chi connectivity index (χ0n) is 52.9. The molecule has 0 aromatic carbocycles. The zero-order chi connectivity index (χ0) is 56.9. The van der Waals surface area contributed by atoms with Gasteiger partial charge in [0, 0.05) is 32.4 Å². The molecule has 77 heavy (non-hydrogen) atoms. The Morgan fingerprint density at radius 3 is 0.766 bits per heavy atom. The Kier molecular flexibility index (Phi) is 63.7. The van der Waals surface area contributed by atoms with Gasteiger partial charge in [-0.05, 0) is 36.9 Å². The van der Waals surface area contributed by atoms with Crippen molar-refractivity contribution in [1.29, 1.82) is 0 Å². The fraction of sp³-hybridized carbons (Fsp3) is 0.941. The summed E-state index contributed by atoms with van der Waals surface area (Å²) in [6, 6.07) is 0. The van der Waals surface area contributed by atoms with Crippen molar-refractivity contribution in [3.8, 4) is 0 Å². The van der Waals surface area contributed by atoms with Crippen LogP contribution in [-0.2, 0) is 28.6 Å². The number of carbonyl (C=O) groups is 4. The van der Waals surface area contributed by atoms with E-state index in [1.165, 1.54) is 243 Å². The molecule has 9 heteroatoms. The van der Waals surface area contributed by atoms with E-state index in [-0.39, 0.29) is 36.4 Å². The van der Waals surface area contributed by atoms with Crippen molar-refractivity contribution in [3.05, 3.63) is 0 Å². The minimum absolute atomic E-state index is 0.0611. The predicted octanol–water partition coefficient (Wildman–Crippen LogP) is 22.2. The van der Waals surface area contributed by atoms with Gasteiger partial charge in [0.1, 0.15) is 13.2 Å². The van der Waals surface area contributed by atoms with Gasteiger partial charge in [0.05, 0.1) is 0 Å². The average Bonchev–Trinajstić information content (AvgIpc) is 3.40. The molecule has 0 heterocycles. The van der Waals surface area contributed by atoms with Gasteiger partial charge in [0.2, 0.25) is 0 Å². The lowest BCUT2D eigenvalue weighted by molar-refractivity contribution is -0.167. The van der Waals surface area contributed by atoms with Crippen molar-refractivity contribution in [2.75, 3.05) is 32.1 Å². The Bertz CT molecular complexity index is 1190. The number of esters is 3. The molecule has 0 bridgehead atoms. The second-order valence-electron chi connectivity index (χ2n) is 24.0. The van der Waals surface area contributed by atoms with Gasteiger partial charge in [-0.3, -0.25) is 19.2 Å². The largest absolute Gasteiger partial charge is 0.462 e. The van der Waals surface area contributed by atoms with Gasteiger partial charge in [-0.25, -0.2) is 0 Å². The van der Waals surface area contributed by atoms with Crippen LogP contribution in [0.25, 0.3) is 0 Å². The van der Waals surface area contributed by atoms with Crippen molar-refractivity contribution in [3.63, 3.8) is 0 Å². The number of rotatable bonds is 58. The summed E-state index contributed by atoms with van der Waals surface area (Å²) >= 11 is 1.41. The highest BCUT2D eigenvalue weighted by molar-refractivity contribution is 8.13. The fourth-order valence-corrected chi connectivity index (χ4v) is 10.7. The second kappa shape index (κ2) is 63.4. The summed E-state index contributed by atoms with van der Waals surface area (Å²) in [5.74, 6) is 1.14. The van der Waals surface area contributed by atoms with Crippen molar-refractivity contribution in [2.24, 2.45) is 11.8 Å². The minimum Gasteiger partial charge on any atom is -0.462 e. The third-order valence-corrected chi connectivity index (χ3v) is 15.6. The molecule has 0 saturated heterocycles. The molecule has 0 atom stereocenters. The molecule has 0 aliphatic rings. The molecule has 0 saturated carbocycles. The molecule has 0 spiro atoms. The number of nitrogens with zero attached hydrogens (tertiary/aromatic N) is 1. The van der Waals surface area contributed by atoms with E-state index in [0.717, 1.165) is 76.6 Å². The Hall–Kier alpha value is -1.77. The number of unbranched alkanes of at least 4 members (excludes halogenated alkanes) is 42. The molecular formula is C68H133NO7S. The Labute approximate surface area is 484 Å². The van der Waals surface area contributed by atoms with Crippen LogP contribution in [0.5, 0.6) is 0 Å². The lowest BCUT2D eigenvalue weighted by atomic mass is 10.0. The molecule has 0 unspecified atom stereocenters. The first-order chi connectivity index (χ1) is 37.5. The second-order valence-corrected chi connectivity index (χ2v) is 25.2. The molecule has 0 rings (SSSR count). The summed E-state index contributed by atoms with van der Waals surface area (Å²) in [6.45, 7) is 19.1. The van der Waals surface area contributed by atoms with Gasteiger partial charge in [-0.2, -0.15) is 0 Å². The molecule has 8 nitrogen and oxygen atoms in total. The van der Waals surface area contributed by atoms with E-state index in [1.807, 2.05) is 11.8 Å². The zero-order valence-corrected chi connectivity index (χ0v) is 53.7. The summed E-state index contributed by atoms with van der Waals surface area (Å²) in [5.41, 5.74) is 0. The average molecular weight is 1110 g/mol. The topological polar surface area (TPSA) is 99.2 Å². The molecule has 458 valence electrons. The number of ether oxygens (including phenoxy) is 3. The quantitative estimate of drug-likeness (QED) is 0.0337. The van der Waals surface area contributed by atoms with E-state index < -0.39 is 6.10 Å². The molecule has 0 aromatic heterocycles. The summed E-state index contributed by atoms with van der Waals surface area (Å²) < 4.78 is 16.9. The van der Waals surface area contributed by atoms with Gasteiger partial charge in [-0.15, -0.1) is 0 Å². The monoisotopic (exact) mass is 1110 g/mol. The minimum atomic E-state index is -0.760. The van der Waals surface area contributed by atoms with E-state index in [9.17, 15) is 19.2 Å². The molecule has 0 aliphatic heterocycles. The van der Waals surface area contributed by atoms with E-state index in [1.54, 1.807) is 0 Å². The SMILES string of the molecule is CCCCCCCCCCCCCCCCCC(=O)OCC(COC(=O)CCCCCCCCCCCCCCCCC)OC(=O)CCCCCCCCCCCCCCCCC.CCSC(=O)N(CC(C)C)CC(C)C. The Balaban J connectivity index is 0. The van der Waals surface area contributed by atoms with Crippen molar-refractivity contribution >= 4 is 34.9 Å². The smallest absolute Gasteiger partial charge is 0.306 e. The van der Waals surface area contributed by atoms with Crippen LogP contribution in [0, 0.1) is 11.8 Å². The van der Waals surface area contributed by atoms with E-state index in [4.69, 9.17) is 14.2 Å². The first-order valence-corrected chi connectivity index (χ1v) is 34.9. The van der Waals surface area contributed by atoms with Crippen LogP contribution in [0.4, 0.5) is 4.79 Å².